The van der Waals surface area contributed by atoms with E-state index in [0.717, 1.165) is 77.9 Å². The van der Waals surface area contributed by atoms with E-state index in [1.165, 1.54) is 0 Å². The summed E-state index contributed by atoms with van der Waals surface area (Å²) in [5.41, 5.74) is 14.8. The Balaban J connectivity index is 0.924. The highest BCUT2D eigenvalue weighted by atomic mass is 15.1. The van der Waals surface area contributed by atoms with Gasteiger partial charge in [-0.2, -0.15) is 21.0 Å². The molecule has 8 nitrogen and oxygen atoms in total. The molecule has 11 rings (SSSR count). The molecule has 8 heteroatoms. The third kappa shape index (κ3) is 7.83. The minimum absolute atomic E-state index is 0.395. The topological polar surface area (TPSA) is 129 Å². The molecule has 0 unspecified atom stereocenters. The molecule has 0 spiro atoms. The molecule has 70 heavy (non-hydrogen) atoms. The van der Waals surface area contributed by atoms with Gasteiger partial charge >= 0.3 is 0 Å². The first-order chi connectivity index (χ1) is 34.5. The van der Waals surface area contributed by atoms with Crippen LogP contribution in [-0.2, 0) is 0 Å². The smallest absolute Gasteiger partial charge is 0.160 e. The van der Waals surface area contributed by atoms with Gasteiger partial charge in [0.15, 0.2) is 5.82 Å². The van der Waals surface area contributed by atoms with Crippen molar-refractivity contribution in [2.75, 3.05) is 4.90 Å². The highest BCUT2D eigenvalue weighted by Gasteiger charge is 2.19. The molecule has 0 aliphatic heterocycles. The van der Waals surface area contributed by atoms with Crippen LogP contribution in [0.5, 0.6) is 0 Å². The molecule has 0 aliphatic rings. The number of hydrogen-bond donors (Lipinski definition) is 0. The zero-order valence-electron chi connectivity index (χ0n) is 37.4. The lowest BCUT2D eigenvalue weighted by Gasteiger charge is -2.25. The van der Waals surface area contributed by atoms with Gasteiger partial charge < -0.3 is 9.47 Å². The Kier molecular flexibility index (Phi) is 10.9. The Bertz CT molecular complexity index is 3790. The number of anilines is 3. The summed E-state index contributed by atoms with van der Waals surface area (Å²) in [6.07, 6.45) is 0. The van der Waals surface area contributed by atoms with Gasteiger partial charge in [-0.25, -0.2) is 9.97 Å². The third-order valence-electron chi connectivity index (χ3n) is 12.6. The van der Waals surface area contributed by atoms with Crippen molar-refractivity contribution in [2.45, 2.75) is 0 Å². The minimum atomic E-state index is 0.395. The van der Waals surface area contributed by atoms with Crippen LogP contribution in [0.2, 0.25) is 0 Å². The van der Waals surface area contributed by atoms with Crippen LogP contribution in [0.1, 0.15) is 22.3 Å². The van der Waals surface area contributed by atoms with E-state index >= 15 is 0 Å². The summed E-state index contributed by atoms with van der Waals surface area (Å²) in [6.45, 7) is 0. The van der Waals surface area contributed by atoms with E-state index < -0.39 is 0 Å². The highest BCUT2D eigenvalue weighted by Crippen LogP contribution is 2.41. The first-order valence-electron chi connectivity index (χ1n) is 22.5. The van der Waals surface area contributed by atoms with Crippen molar-refractivity contribution in [2.24, 2.45) is 0 Å². The van der Waals surface area contributed by atoms with Gasteiger partial charge in [-0.15, -0.1) is 0 Å². The van der Waals surface area contributed by atoms with E-state index in [-0.39, 0.29) is 0 Å². The molecule has 0 amide bonds. The quantitative estimate of drug-likeness (QED) is 0.141. The summed E-state index contributed by atoms with van der Waals surface area (Å²) in [6, 6.07) is 80.8. The van der Waals surface area contributed by atoms with E-state index in [1.54, 1.807) is 24.3 Å². The van der Waals surface area contributed by atoms with Crippen LogP contribution in [0.25, 0.3) is 83.6 Å². The summed E-state index contributed by atoms with van der Waals surface area (Å²) in [4.78, 5) is 12.1. The Morgan fingerprint density at radius 1 is 0.357 bits per heavy atom. The second-order valence-electron chi connectivity index (χ2n) is 16.7. The molecule has 9 aromatic carbocycles. The minimum Gasteiger partial charge on any atom is -0.310 e. The average molecular weight is 893 g/mol. The number of aromatic nitrogens is 3. The van der Waals surface area contributed by atoms with E-state index in [2.05, 4.69) is 137 Å². The molecular formula is C62H36N8. The fourth-order valence-corrected chi connectivity index (χ4v) is 9.17. The van der Waals surface area contributed by atoms with Crippen molar-refractivity contribution < 1.29 is 0 Å². The molecule has 0 atom stereocenters. The van der Waals surface area contributed by atoms with Crippen molar-refractivity contribution in [1.82, 2.24) is 14.5 Å². The Morgan fingerprint density at radius 3 is 1.40 bits per heavy atom. The number of rotatable bonds is 9. The second-order valence-corrected chi connectivity index (χ2v) is 16.7. The average Bonchev–Trinajstić information content (AvgIpc) is 3.77. The molecule has 2 aromatic heterocycles. The standard InChI is InChI=1S/C62H36N8/c63-37-41-15-19-44(20-16-41)57-36-58(68-62(67-57)47-21-17-42(38-64)18-22-47)45-25-23-43(24-26-45)48-33-49(39-65)61(50(34-48)40-66)46-27-29-53(30-28-46)70-59-14-8-7-13-55(59)56-35-54(31-32-60(56)70)69(51-9-3-1-4-10-51)52-11-5-2-6-12-52/h1-36H. The first kappa shape index (κ1) is 42.3. The molecule has 0 N–H and O–H groups in total. The van der Waals surface area contributed by atoms with Gasteiger partial charge in [0.25, 0.3) is 0 Å². The largest absolute Gasteiger partial charge is 0.310 e. The normalized spacial score (nSPS) is 10.8. The highest BCUT2D eigenvalue weighted by molar-refractivity contribution is 6.10. The zero-order chi connectivity index (χ0) is 47.6. The van der Waals surface area contributed by atoms with Crippen LogP contribution >= 0.6 is 0 Å². The lowest BCUT2D eigenvalue weighted by molar-refractivity contribution is 1.18. The molecule has 11 aromatic rings. The van der Waals surface area contributed by atoms with Gasteiger partial charge in [-0.1, -0.05) is 103 Å². The summed E-state index contributed by atoms with van der Waals surface area (Å²) in [5.74, 6) is 0.491. The molecular weight excluding hydrogens is 857 g/mol. The summed E-state index contributed by atoms with van der Waals surface area (Å²) < 4.78 is 2.26. The van der Waals surface area contributed by atoms with Gasteiger partial charge in [0, 0.05) is 55.8 Å². The number of nitriles is 4. The summed E-state index contributed by atoms with van der Waals surface area (Å²) >= 11 is 0. The predicted molar refractivity (Wildman–Crippen MR) is 277 cm³/mol. The molecule has 0 radical (unpaired) electrons. The fourth-order valence-electron chi connectivity index (χ4n) is 9.17. The molecule has 0 saturated carbocycles. The van der Waals surface area contributed by atoms with Gasteiger partial charge in [0.05, 0.1) is 69.0 Å². The Labute approximate surface area is 404 Å². The lowest BCUT2D eigenvalue weighted by atomic mass is 9.90. The maximum absolute atomic E-state index is 10.6. The van der Waals surface area contributed by atoms with Crippen molar-refractivity contribution >= 4 is 38.9 Å². The molecule has 0 bridgehead atoms. The third-order valence-corrected chi connectivity index (χ3v) is 12.6. The number of benzene rings is 9. The molecule has 0 aliphatic carbocycles. The van der Waals surface area contributed by atoms with Gasteiger partial charge in [-0.05, 0) is 132 Å². The maximum Gasteiger partial charge on any atom is 0.160 e. The van der Waals surface area contributed by atoms with Gasteiger partial charge in [0.2, 0.25) is 0 Å². The van der Waals surface area contributed by atoms with E-state index in [1.807, 2.05) is 91.0 Å². The van der Waals surface area contributed by atoms with Gasteiger partial charge in [0.1, 0.15) is 0 Å². The van der Waals surface area contributed by atoms with Crippen LogP contribution < -0.4 is 4.90 Å². The summed E-state index contributed by atoms with van der Waals surface area (Å²) in [5, 5.41) is 42.2. The molecule has 0 saturated heterocycles. The van der Waals surface area contributed by atoms with Crippen LogP contribution in [0.4, 0.5) is 17.1 Å². The number of fused-ring (bicyclic) bond motifs is 3. The van der Waals surface area contributed by atoms with Crippen molar-refractivity contribution in [1.29, 1.82) is 21.0 Å². The van der Waals surface area contributed by atoms with Crippen molar-refractivity contribution in [3.63, 3.8) is 0 Å². The monoisotopic (exact) mass is 892 g/mol. The van der Waals surface area contributed by atoms with E-state index in [4.69, 9.17) is 9.97 Å². The first-order valence-corrected chi connectivity index (χ1v) is 22.5. The Morgan fingerprint density at radius 2 is 0.843 bits per heavy atom. The number of hydrogen-bond acceptors (Lipinski definition) is 7. The second kappa shape index (κ2) is 18.1. The number of nitrogens with zero attached hydrogens (tertiary/aromatic N) is 8. The van der Waals surface area contributed by atoms with Crippen molar-refractivity contribution in [3.8, 4) is 86.1 Å². The molecule has 0 fully saturated rings. The zero-order valence-corrected chi connectivity index (χ0v) is 37.4. The van der Waals surface area contributed by atoms with Crippen molar-refractivity contribution in [3.05, 3.63) is 241 Å². The van der Waals surface area contributed by atoms with Crippen LogP contribution in [-0.4, -0.2) is 14.5 Å². The van der Waals surface area contributed by atoms with E-state index in [9.17, 15) is 21.0 Å². The van der Waals surface area contributed by atoms with E-state index in [0.29, 0.717) is 45.0 Å². The fraction of sp³-hybridized carbons (Fsp3) is 0. The summed E-state index contributed by atoms with van der Waals surface area (Å²) in [7, 11) is 0. The number of para-hydroxylation sites is 3. The lowest BCUT2D eigenvalue weighted by Crippen LogP contribution is -2.09. The SMILES string of the molecule is N#Cc1ccc(-c2cc(-c3ccc(-c4cc(C#N)c(-c5ccc(-n6c7ccccc7c7cc(N(c8ccccc8)c8ccccc8)ccc76)cc5)c(C#N)c4)cc3)nc(-c3ccc(C#N)cc3)n2)cc1. The predicted octanol–water partition coefficient (Wildman–Crippen LogP) is 14.9. The van der Waals surface area contributed by atoms with Gasteiger partial charge in [-0.3, -0.25) is 0 Å². The molecule has 324 valence electrons. The Hall–Kier alpha value is -10.4. The maximum atomic E-state index is 10.6. The molecule has 2 heterocycles. The van der Waals surface area contributed by atoms with Crippen LogP contribution in [0, 0.1) is 45.3 Å². The van der Waals surface area contributed by atoms with Crippen LogP contribution in [0.3, 0.4) is 0 Å². The van der Waals surface area contributed by atoms with Crippen LogP contribution in [0.15, 0.2) is 218 Å².